The Bertz CT molecular complexity index is 725. The summed E-state index contributed by atoms with van der Waals surface area (Å²) in [5.41, 5.74) is 2.93. The zero-order valence-electron chi connectivity index (χ0n) is 11.2. The van der Waals surface area contributed by atoms with Crippen molar-refractivity contribution in [1.29, 1.82) is 0 Å². The highest BCUT2D eigenvalue weighted by Crippen LogP contribution is 2.18. The number of rotatable bonds is 3. The number of benzene rings is 1. The highest BCUT2D eigenvalue weighted by atomic mass is 16.1. The molecule has 0 radical (unpaired) electrons. The van der Waals surface area contributed by atoms with E-state index in [0.29, 0.717) is 11.4 Å². The fourth-order valence-corrected chi connectivity index (χ4v) is 1.94. The molecule has 0 aliphatic carbocycles. The molecule has 21 heavy (non-hydrogen) atoms. The van der Waals surface area contributed by atoms with Gasteiger partial charge in [0, 0.05) is 11.8 Å². The lowest BCUT2D eigenvalue weighted by Crippen LogP contribution is -2.13. The van der Waals surface area contributed by atoms with Crippen LogP contribution in [0.1, 0.15) is 10.5 Å². The van der Waals surface area contributed by atoms with Crippen LogP contribution in [0.2, 0.25) is 0 Å². The molecule has 4 nitrogen and oxygen atoms in total. The first-order valence-electron chi connectivity index (χ1n) is 6.57. The summed E-state index contributed by atoms with van der Waals surface area (Å²) >= 11 is 0. The van der Waals surface area contributed by atoms with Crippen LogP contribution >= 0.6 is 0 Å². The van der Waals surface area contributed by atoms with Gasteiger partial charge in [-0.3, -0.25) is 14.8 Å². The van der Waals surface area contributed by atoms with Gasteiger partial charge in [0.05, 0.1) is 17.6 Å². The SMILES string of the molecule is O=C(Nc1ccc(-c2ccccc2)nc1)c1ccccn1. The summed E-state index contributed by atoms with van der Waals surface area (Å²) in [7, 11) is 0. The van der Waals surface area contributed by atoms with Crippen molar-refractivity contribution < 1.29 is 4.79 Å². The standard InChI is InChI=1S/C17H13N3O/c21-17(16-8-4-5-11-18-16)20-14-9-10-15(19-12-14)13-6-2-1-3-7-13/h1-12H,(H,20,21). The molecule has 3 aromatic rings. The van der Waals surface area contributed by atoms with Crippen LogP contribution in [-0.2, 0) is 0 Å². The lowest BCUT2D eigenvalue weighted by atomic mass is 10.1. The summed E-state index contributed by atoms with van der Waals surface area (Å²) in [6.45, 7) is 0. The number of hydrogen-bond acceptors (Lipinski definition) is 3. The molecule has 102 valence electrons. The third-order valence-electron chi connectivity index (χ3n) is 2.99. The lowest BCUT2D eigenvalue weighted by molar-refractivity contribution is 0.102. The first-order valence-corrected chi connectivity index (χ1v) is 6.57. The molecule has 2 aromatic heterocycles. The first-order chi connectivity index (χ1) is 10.3. The van der Waals surface area contributed by atoms with E-state index in [-0.39, 0.29) is 5.91 Å². The van der Waals surface area contributed by atoms with E-state index in [0.717, 1.165) is 11.3 Å². The fourth-order valence-electron chi connectivity index (χ4n) is 1.94. The normalized spacial score (nSPS) is 10.1. The molecule has 0 saturated carbocycles. The molecular weight excluding hydrogens is 262 g/mol. The number of carbonyl (C=O) groups excluding carboxylic acids is 1. The molecule has 0 aliphatic heterocycles. The lowest BCUT2D eigenvalue weighted by Gasteiger charge is -2.05. The van der Waals surface area contributed by atoms with Crippen molar-refractivity contribution in [2.45, 2.75) is 0 Å². The Hall–Kier alpha value is -3.01. The Labute approximate surface area is 122 Å². The zero-order valence-corrected chi connectivity index (χ0v) is 11.2. The number of hydrogen-bond donors (Lipinski definition) is 1. The summed E-state index contributed by atoms with van der Waals surface area (Å²) in [5.74, 6) is -0.245. The summed E-state index contributed by atoms with van der Waals surface area (Å²) in [4.78, 5) is 20.3. The Balaban J connectivity index is 1.75. The van der Waals surface area contributed by atoms with Crippen LogP contribution in [0.3, 0.4) is 0 Å². The summed E-state index contributed by atoms with van der Waals surface area (Å²) in [5, 5.41) is 2.77. The van der Waals surface area contributed by atoms with E-state index in [4.69, 9.17) is 0 Å². The molecule has 0 atom stereocenters. The molecule has 0 bridgehead atoms. The molecule has 0 unspecified atom stereocenters. The summed E-state index contributed by atoms with van der Waals surface area (Å²) in [6.07, 6.45) is 3.23. The van der Waals surface area contributed by atoms with Gasteiger partial charge < -0.3 is 5.32 Å². The number of pyridine rings is 2. The molecule has 3 rings (SSSR count). The van der Waals surface area contributed by atoms with Crippen LogP contribution in [0.15, 0.2) is 73.1 Å². The topological polar surface area (TPSA) is 54.9 Å². The molecule has 0 aliphatic rings. The molecule has 1 aromatic carbocycles. The van der Waals surface area contributed by atoms with Crippen LogP contribution < -0.4 is 5.32 Å². The Kier molecular flexibility index (Phi) is 3.69. The van der Waals surface area contributed by atoms with E-state index < -0.39 is 0 Å². The van der Waals surface area contributed by atoms with Gasteiger partial charge in [0.15, 0.2) is 0 Å². The van der Waals surface area contributed by atoms with Gasteiger partial charge in [-0.2, -0.15) is 0 Å². The maximum Gasteiger partial charge on any atom is 0.274 e. The highest BCUT2D eigenvalue weighted by molar-refractivity contribution is 6.02. The van der Waals surface area contributed by atoms with Crippen molar-refractivity contribution in [3.05, 3.63) is 78.8 Å². The first kappa shape index (κ1) is 13.0. The monoisotopic (exact) mass is 275 g/mol. The van der Waals surface area contributed by atoms with Crippen molar-refractivity contribution in [2.24, 2.45) is 0 Å². The van der Waals surface area contributed by atoms with Gasteiger partial charge in [0.25, 0.3) is 5.91 Å². The van der Waals surface area contributed by atoms with E-state index in [2.05, 4.69) is 15.3 Å². The predicted molar refractivity (Wildman–Crippen MR) is 81.9 cm³/mol. The molecule has 2 heterocycles. The average molecular weight is 275 g/mol. The Morgan fingerprint density at radius 3 is 2.33 bits per heavy atom. The second-order valence-electron chi connectivity index (χ2n) is 4.47. The van der Waals surface area contributed by atoms with Crippen LogP contribution in [0, 0.1) is 0 Å². The summed E-state index contributed by atoms with van der Waals surface area (Å²) < 4.78 is 0. The van der Waals surface area contributed by atoms with Crippen molar-refractivity contribution in [2.75, 3.05) is 5.32 Å². The van der Waals surface area contributed by atoms with Crippen LogP contribution in [0.5, 0.6) is 0 Å². The largest absolute Gasteiger partial charge is 0.319 e. The Morgan fingerprint density at radius 1 is 0.857 bits per heavy atom. The van der Waals surface area contributed by atoms with Gasteiger partial charge in [-0.15, -0.1) is 0 Å². The molecule has 4 heteroatoms. The quantitative estimate of drug-likeness (QED) is 0.797. The van der Waals surface area contributed by atoms with Crippen molar-refractivity contribution in [3.8, 4) is 11.3 Å². The molecule has 0 saturated heterocycles. The van der Waals surface area contributed by atoms with Gasteiger partial charge >= 0.3 is 0 Å². The smallest absolute Gasteiger partial charge is 0.274 e. The van der Waals surface area contributed by atoms with Crippen molar-refractivity contribution >= 4 is 11.6 Å². The van der Waals surface area contributed by atoms with Gasteiger partial charge in [0.2, 0.25) is 0 Å². The van der Waals surface area contributed by atoms with Crippen molar-refractivity contribution in [1.82, 2.24) is 9.97 Å². The second kappa shape index (κ2) is 5.96. The van der Waals surface area contributed by atoms with E-state index in [1.54, 1.807) is 30.6 Å². The van der Waals surface area contributed by atoms with Gasteiger partial charge in [-0.25, -0.2) is 0 Å². The Morgan fingerprint density at radius 2 is 1.67 bits per heavy atom. The minimum atomic E-state index is -0.245. The molecule has 0 spiro atoms. The number of nitrogens with one attached hydrogen (secondary N) is 1. The van der Waals surface area contributed by atoms with Crippen molar-refractivity contribution in [3.63, 3.8) is 0 Å². The highest BCUT2D eigenvalue weighted by Gasteiger charge is 2.07. The van der Waals surface area contributed by atoms with Crippen LogP contribution in [-0.4, -0.2) is 15.9 Å². The molecule has 1 amide bonds. The van der Waals surface area contributed by atoms with E-state index in [1.807, 2.05) is 42.5 Å². The number of nitrogens with zero attached hydrogens (tertiary/aromatic N) is 2. The number of aromatic nitrogens is 2. The minimum Gasteiger partial charge on any atom is -0.319 e. The van der Waals surface area contributed by atoms with Gasteiger partial charge in [0.1, 0.15) is 5.69 Å². The van der Waals surface area contributed by atoms with Crippen LogP contribution in [0.25, 0.3) is 11.3 Å². The molecule has 1 N–H and O–H groups in total. The van der Waals surface area contributed by atoms with E-state index >= 15 is 0 Å². The molecule has 0 fully saturated rings. The maximum absolute atomic E-state index is 12.0. The average Bonchev–Trinajstić information content (AvgIpc) is 2.57. The summed E-state index contributed by atoms with van der Waals surface area (Å²) in [6, 6.07) is 18.8. The minimum absolute atomic E-state index is 0.245. The van der Waals surface area contributed by atoms with E-state index in [1.165, 1.54) is 0 Å². The van der Waals surface area contributed by atoms with Gasteiger partial charge in [-0.05, 0) is 24.3 Å². The predicted octanol–water partition coefficient (Wildman–Crippen LogP) is 3.40. The maximum atomic E-state index is 12.0. The molecular formula is C17H13N3O. The van der Waals surface area contributed by atoms with E-state index in [9.17, 15) is 4.79 Å². The fraction of sp³-hybridized carbons (Fsp3) is 0. The number of amides is 1. The second-order valence-corrected chi connectivity index (χ2v) is 4.47. The number of carbonyl (C=O) groups is 1. The van der Waals surface area contributed by atoms with Gasteiger partial charge in [-0.1, -0.05) is 36.4 Å². The zero-order chi connectivity index (χ0) is 14.5. The third kappa shape index (κ3) is 3.12. The van der Waals surface area contributed by atoms with Crippen LogP contribution in [0.4, 0.5) is 5.69 Å². The third-order valence-corrected chi connectivity index (χ3v) is 2.99. The number of anilines is 1.